The Bertz CT molecular complexity index is 623. The van der Waals surface area contributed by atoms with Crippen molar-refractivity contribution in [2.45, 2.75) is 4.90 Å². The van der Waals surface area contributed by atoms with Crippen LogP contribution in [-0.2, 0) is 0 Å². The van der Waals surface area contributed by atoms with Crippen molar-refractivity contribution in [1.82, 2.24) is 4.98 Å². The largest absolute Gasteiger partial charge is 0.396 e. The average molecular weight is 294 g/mol. The fourth-order valence-electron chi connectivity index (χ4n) is 1.73. The summed E-state index contributed by atoms with van der Waals surface area (Å²) < 4.78 is 14.1. The van der Waals surface area contributed by atoms with Crippen LogP contribution in [-0.4, -0.2) is 27.4 Å². The Kier molecular flexibility index (Phi) is 4.65. The Morgan fingerprint density at radius 1 is 1.35 bits per heavy atom. The standard InChI is InChI=1S/C13H11FN2O3S/c14-9-4-5-11(16(18)19)13(20-8-7-17)12(9)10-3-1-2-6-15-10/h1-6,17H,7-8H2. The Labute approximate surface area is 118 Å². The highest BCUT2D eigenvalue weighted by atomic mass is 32.2. The van der Waals surface area contributed by atoms with Gasteiger partial charge in [0.1, 0.15) is 5.82 Å². The van der Waals surface area contributed by atoms with Crippen LogP contribution in [0.4, 0.5) is 10.1 Å². The van der Waals surface area contributed by atoms with E-state index in [1.54, 1.807) is 18.2 Å². The van der Waals surface area contributed by atoms with Gasteiger partial charge in [0.2, 0.25) is 0 Å². The van der Waals surface area contributed by atoms with Gasteiger partial charge in [-0.05, 0) is 18.2 Å². The van der Waals surface area contributed by atoms with Crippen LogP contribution in [0.5, 0.6) is 0 Å². The van der Waals surface area contributed by atoms with Crippen molar-refractivity contribution in [3.8, 4) is 11.3 Å². The predicted molar refractivity (Wildman–Crippen MR) is 74.1 cm³/mol. The molecule has 0 amide bonds. The molecule has 1 aromatic heterocycles. The number of halogens is 1. The van der Waals surface area contributed by atoms with Gasteiger partial charge in [0.25, 0.3) is 5.69 Å². The zero-order chi connectivity index (χ0) is 14.5. The molecule has 0 saturated carbocycles. The highest BCUT2D eigenvalue weighted by Crippen LogP contribution is 2.39. The van der Waals surface area contributed by atoms with Crippen LogP contribution in [0.3, 0.4) is 0 Å². The van der Waals surface area contributed by atoms with E-state index in [-0.39, 0.29) is 28.5 Å². The van der Waals surface area contributed by atoms with Gasteiger partial charge in [0.15, 0.2) is 0 Å². The number of aliphatic hydroxyl groups is 1. The van der Waals surface area contributed by atoms with Gasteiger partial charge in [0.05, 0.1) is 27.7 Å². The van der Waals surface area contributed by atoms with Crippen molar-refractivity contribution in [2.75, 3.05) is 12.4 Å². The minimum atomic E-state index is -0.574. The number of aliphatic hydroxyl groups excluding tert-OH is 1. The molecule has 2 aromatic rings. The number of nitro benzene ring substituents is 1. The molecule has 7 heteroatoms. The molecule has 0 atom stereocenters. The van der Waals surface area contributed by atoms with Gasteiger partial charge in [-0.1, -0.05) is 6.07 Å². The molecule has 1 heterocycles. The van der Waals surface area contributed by atoms with Crippen LogP contribution in [0.2, 0.25) is 0 Å². The Hall–Kier alpha value is -1.99. The molecule has 0 radical (unpaired) electrons. The van der Waals surface area contributed by atoms with E-state index in [1.165, 1.54) is 6.20 Å². The number of hydrogen-bond donors (Lipinski definition) is 1. The predicted octanol–water partition coefficient (Wildman–Crippen LogP) is 2.88. The number of rotatable bonds is 5. The van der Waals surface area contributed by atoms with Crippen LogP contribution >= 0.6 is 11.8 Å². The molecule has 0 spiro atoms. The van der Waals surface area contributed by atoms with E-state index in [0.717, 1.165) is 23.9 Å². The summed E-state index contributed by atoms with van der Waals surface area (Å²) in [6.45, 7) is -0.153. The smallest absolute Gasteiger partial charge is 0.283 e. The molecular weight excluding hydrogens is 283 g/mol. The molecule has 0 aliphatic carbocycles. The van der Waals surface area contributed by atoms with Gasteiger partial charge >= 0.3 is 0 Å². The quantitative estimate of drug-likeness (QED) is 0.521. The molecule has 0 unspecified atom stereocenters. The van der Waals surface area contributed by atoms with Crippen LogP contribution < -0.4 is 0 Å². The van der Waals surface area contributed by atoms with Crippen molar-refractivity contribution < 1.29 is 14.4 Å². The lowest BCUT2D eigenvalue weighted by Gasteiger charge is -2.10. The summed E-state index contributed by atoms with van der Waals surface area (Å²) in [6.07, 6.45) is 1.49. The van der Waals surface area contributed by atoms with Gasteiger partial charge in [-0.2, -0.15) is 0 Å². The lowest BCUT2D eigenvalue weighted by molar-refractivity contribution is -0.387. The van der Waals surface area contributed by atoms with Crippen LogP contribution in [0.1, 0.15) is 0 Å². The lowest BCUT2D eigenvalue weighted by atomic mass is 10.1. The van der Waals surface area contributed by atoms with Gasteiger partial charge in [-0.15, -0.1) is 11.8 Å². The molecule has 0 fully saturated rings. The summed E-state index contributed by atoms with van der Waals surface area (Å²) in [5, 5.41) is 20.0. The van der Waals surface area contributed by atoms with Gasteiger partial charge in [0, 0.05) is 18.0 Å². The molecule has 20 heavy (non-hydrogen) atoms. The second-order valence-corrected chi connectivity index (χ2v) is 4.92. The third kappa shape index (κ3) is 2.94. The third-order valence-electron chi connectivity index (χ3n) is 2.54. The zero-order valence-electron chi connectivity index (χ0n) is 10.3. The van der Waals surface area contributed by atoms with Gasteiger partial charge in [-0.3, -0.25) is 15.1 Å². The number of aromatic nitrogens is 1. The number of pyridine rings is 1. The Morgan fingerprint density at radius 3 is 2.75 bits per heavy atom. The molecule has 1 N–H and O–H groups in total. The highest BCUT2D eigenvalue weighted by molar-refractivity contribution is 7.99. The summed E-state index contributed by atoms with van der Waals surface area (Å²) in [7, 11) is 0. The van der Waals surface area contributed by atoms with Crippen molar-refractivity contribution >= 4 is 17.4 Å². The Balaban J connectivity index is 2.64. The first-order valence-corrected chi connectivity index (χ1v) is 6.75. The molecule has 0 aliphatic heterocycles. The number of nitro groups is 1. The van der Waals surface area contributed by atoms with E-state index in [9.17, 15) is 14.5 Å². The lowest BCUT2D eigenvalue weighted by Crippen LogP contribution is -1.99. The zero-order valence-corrected chi connectivity index (χ0v) is 11.1. The van der Waals surface area contributed by atoms with E-state index in [4.69, 9.17) is 5.11 Å². The van der Waals surface area contributed by atoms with E-state index < -0.39 is 10.7 Å². The minimum absolute atomic E-state index is 0.0956. The van der Waals surface area contributed by atoms with Gasteiger partial charge < -0.3 is 5.11 Å². The van der Waals surface area contributed by atoms with E-state index in [1.807, 2.05) is 0 Å². The maximum atomic E-state index is 14.1. The Morgan fingerprint density at radius 2 is 2.15 bits per heavy atom. The highest BCUT2D eigenvalue weighted by Gasteiger charge is 2.23. The summed E-state index contributed by atoms with van der Waals surface area (Å²) in [6, 6.07) is 7.14. The van der Waals surface area contributed by atoms with Crippen molar-refractivity contribution in [3.05, 3.63) is 52.5 Å². The molecule has 5 nitrogen and oxygen atoms in total. The van der Waals surface area contributed by atoms with Crippen molar-refractivity contribution in [2.24, 2.45) is 0 Å². The van der Waals surface area contributed by atoms with Crippen molar-refractivity contribution in [3.63, 3.8) is 0 Å². The second-order valence-electron chi connectivity index (χ2n) is 3.81. The summed E-state index contributed by atoms with van der Waals surface area (Å²) in [4.78, 5) is 14.7. The van der Waals surface area contributed by atoms with E-state index in [0.29, 0.717) is 5.69 Å². The molecule has 0 bridgehead atoms. The molecule has 104 valence electrons. The van der Waals surface area contributed by atoms with Gasteiger partial charge in [-0.25, -0.2) is 4.39 Å². The van der Waals surface area contributed by atoms with E-state index >= 15 is 0 Å². The number of thioether (sulfide) groups is 1. The first-order chi connectivity index (χ1) is 9.65. The second kappa shape index (κ2) is 6.44. The monoisotopic (exact) mass is 294 g/mol. The topological polar surface area (TPSA) is 76.3 Å². The normalized spacial score (nSPS) is 10.5. The number of nitrogens with zero attached hydrogens (tertiary/aromatic N) is 2. The maximum Gasteiger partial charge on any atom is 0.283 e. The first kappa shape index (κ1) is 14.4. The summed E-state index contributed by atoms with van der Waals surface area (Å²) >= 11 is 1.04. The number of hydrogen-bond acceptors (Lipinski definition) is 5. The maximum absolute atomic E-state index is 14.1. The molecule has 0 saturated heterocycles. The van der Waals surface area contributed by atoms with Crippen molar-refractivity contribution in [1.29, 1.82) is 0 Å². The molecular formula is C13H11FN2O3S. The first-order valence-electron chi connectivity index (χ1n) is 5.77. The molecule has 2 rings (SSSR count). The van der Waals surface area contributed by atoms with E-state index in [2.05, 4.69) is 4.98 Å². The molecule has 0 aliphatic rings. The molecule has 1 aromatic carbocycles. The fraction of sp³-hybridized carbons (Fsp3) is 0.154. The summed E-state index contributed by atoms with van der Waals surface area (Å²) in [5.41, 5.74) is 0.234. The fourth-order valence-corrected chi connectivity index (χ4v) is 2.67. The minimum Gasteiger partial charge on any atom is -0.396 e. The van der Waals surface area contributed by atoms with Crippen LogP contribution in [0.25, 0.3) is 11.3 Å². The average Bonchev–Trinajstić information content (AvgIpc) is 2.45. The van der Waals surface area contributed by atoms with Crippen LogP contribution in [0, 0.1) is 15.9 Å². The third-order valence-corrected chi connectivity index (χ3v) is 3.63. The van der Waals surface area contributed by atoms with Crippen LogP contribution in [0.15, 0.2) is 41.4 Å². The number of benzene rings is 1. The summed E-state index contributed by atoms with van der Waals surface area (Å²) in [5.74, 6) is -0.334. The SMILES string of the molecule is O=[N+]([O-])c1ccc(F)c(-c2ccccn2)c1SCCO.